The lowest BCUT2D eigenvalue weighted by Crippen LogP contribution is -2.35. The Kier molecular flexibility index (Phi) is 4.53. The Morgan fingerprint density at radius 2 is 1.97 bits per heavy atom. The minimum Gasteiger partial charge on any atom is -0.378 e. The largest absolute Gasteiger partial charge is 0.378 e. The fourth-order valence-corrected chi connectivity index (χ4v) is 6.28. The molecular weight excluding hydrogens is 388 g/mol. The van der Waals surface area contributed by atoms with E-state index in [2.05, 4.69) is 28.1 Å². The van der Waals surface area contributed by atoms with Gasteiger partial charge in [0.2, 0.25) is 0 Å². The molecule has 1 unspecified atom stereocenters. The highest BCUT2D eigenvalue weighted by molar-refractivity contribution is 7.90. The Labute approximate surface area is 171 Å². The van der Waals surface area contributed by atoms with Crippen molar-refractivity contribution in [1.82, 2.24) is 19.6 Å². The molecule has 154 valence electrons. The second-order valence-corrected chi connectivity index (χ2v) is 10.1. The molecule has 0 spiro atoms. The maximum absolute atomic E-state index is 13.1. The number of sulfone groups is 1. The maximum atomic E-state index is 13.1. The van der Waals surface area contributed by atoms with Gasteiger partial charge in [-0.15, -0.1) is 0 Å². The summed E-state index contributed by atoms with van der Waals surface area (Å²) in [6, 6.07) is 7.54. The van der Waals surface area contributed by atoms with Crippen molar-refractivity contribution < 1.29 is 13.2 Å². The first-order chi connectivity index (χ1) is 14.0. The number of benzene rings is 1. The summed E-state index contributed by atoms with van der Waals surface area (Å²) in [6.45, 7) is 9.02. The van der Waals surface area contributed by atoms with Crippen molar-refractivity contribution in [3.8, 4) is 11.3 Å². The van der Waals surface area contributed by atoms with Crippen LogP contribution in [0.1, 0.15) is 23.7 Å². The van der Waals surface area contributed by atoms with Crippen LogP contribution >= 0.6 is 0 Å². The molecule has 7 nitrogen and oxygen atoms in total. The second-order valence-electron chi connectivity index (χ2n) is 8.13. The fourth-order valence-electron chi connectivity index (χ4n) is 4.68. The molecule has 1 aromatic carbocycles. The average molecular weight is 415 g/mol. The maximum Gasteiger partial charge on any atom is 0.183 e. The zero-order valence-corrected chi connectivity index (χ0v) is 17.5. The smallest absolute Gasteiger partial charge is 0.183 e. The second kappa shape index (κ2) is 6.97. The predicted molar refractivity (Wildman–Crippen MR) is 111 cm³/mol. The summed E-state index contributed by atoms with van der Waals surface area (Å²) in [4.78, 5) is 4.86. The van der Waals surface area contributed by atoms with Crippen molar-refractivity contribution >= 4 is 15.5 Å². The number of morpholine rings is 1. The van der Waals surface area contributed by atoms with Crippen LogP contribution in [0, 0.1) is 0 Å². The number of likely N-dealkylation sites (tertiary alicyclic amines) is 1. The van der Waals surface area contributed by atoms with Crippen molar-refractivity contribution in [2.75, 3.05) is 46.4 Å². The Balaban J connectivity index is 1.69. The minimum atomic E-state index is -3.41. The van der Waals surface area contributed by atoms with E-state index in [1.807, 2.05) is 12.1 Å². The molecule has 8 heteroatoms. The molecule has 4 heterocycles. The topological polar surface area (TPSA) is 67.7 Å². The van der Waals surface area contributed by atoms with E-state index < -0.39 is 9.84 Å². The number of hydrogen-bond donors (Lipinski definition) is 0. The van der Waals surface area contributed by atoms with Crippen molar-refractivity contribution in [3.63, 3.8) is 0 Å². The standard InChI is InChI=1S/C21H26N4O3S/c1-15(24-9-11-28-12-10-24)20-18-14-29(26,27)19-6-4-3-5-17(19)21(18)25(22-20)16-7-8-23(2)13-16/h3-6,16H,1,7-14H2,2H3. The molecule has 0 aliphatic carbocycles. The van der Waals surface area contributed by atoms with Crippen LogP contribution in [0.5, 0.6) is 0 Å². The van der Waals surface area contributed by atoms with E-state index in [0.29, 0.717) is 18.1 Å². The van der Waals surface area contributed by atoms with Crippen molar-refractivity contribution in [3.05, 3.63) is 42.1 Å². The summed E-state index contributed by atoms with van der Waals surface area (Å²) >= 11 is 0. The fraction of sp³-hybridized carbons (Fsp3) is 0.476. The van der Waals surface area contributed by atoms with Gasteiger partial charge in [0.25, 0.3) is 0 Å². The third kappa shape index (κ3) is 3.10. The molecule has 0 bridgehead atoms. The van der Waals surface area contributed by atoms with Gasteiger partial charge in [-0.3, -0.25) is 4.68 Å². The number of ether oxygens (including phenoxy) is 1. The van der Waals surface area contributed by atoms with Gasteiger partial charge in [0.05, 0.1) is 41.3 Å². The normalized spacial score (nSPS) is 23.6. The minimum absolute atomic E-state index is 0.0272. The lowest BCUT2D eigenvalue weighted by molar-refractivity contribution is 0.0639. The molecule has 2 fully saturated rings. The highest BCUT2D eigenvalue weighted by atomic mass is 32.2. The van der Waals surface area contributed by atoms with Crippen LogP contribution < -0.4 is 0 Å². The third-order valence-corrected chi connectivity index (χ3v) is 7.89. The van der Waals surface area contributed by atoms with Crippen LogP contribution in [0.2, 0.25) is 0 Å². The van der Waals surface area contributed by atoms with Gasteiger partial charge >= 0.3 is 0 Å². The van der Waals surface area contributed by atoms with Crippen molar-refractivity contribution in [2.24, 2.45) is 0 Å². The number of rotatable bonds is 3. The first-order valence-electron chi connectivity index (χ1n) is 10.1. The molecule has 1 atom stereocenters. The van der Waals surface area contributed by atoms with E-state index in [9.17, 15) is 8.42 Å². The van der Waals surface area contributed by atoms with Gasteiger partial charge in [-0.1, -0.05) is 24.8 Å². The van der Waals surface area contributed by atoms with E-state index in [0.717, 1.165) is 60.8 Å². The first-order valence-corrected chi connectivity index (χ1v) is 11.7. The first kappa shape index (κ1) is 18.8. The summed E-state index contributed by atoms with van der Waals surface area (Å²) in [5, 5.41) is 4.99. The number of fused-ring (bicyclic) bond motifs is 3. The molecule has 1 aromatic heterocycles. The zero-order valence-electron chi connectivity index (χ0n) is 16.7. The SMILES string of the molecule is C=C(c1nn(C2CCN(C)C2)c2c1CS(=O)(=O)c1ccccc1-2)N1CCOCC1. The number of aromatic nitrogens is 2. The molecule has 29 heavy (non-hydrogen) atoms. The molecular formula is C21H26N4O3S. The van der Waals surface area contributed by atoms with Gasteiger partial charge in [-0.2, -0.15) is 5.10 Å². The van der Waals surface area contributed by atoms with Crippen LogP contribution in [0.15, 0.2) is 35.7 Å². The lowest BCUT2D eigenvalue weighted by atomic mass is 10.0. The average Bonchev–Trinajstić information content (AvgIpc) is 3.31. The lowest BCUT2D eigenvalue weighted by Gasteiger charge is -2.30. The van der Waals surface area contributed by atoms with Crippen molar-refractivity contribution in [1.29, 1.82) is 0 Å². The van der Waals surface area contributed by atoms with Crippen LogP contribution in [0.4, 0.5) is 0 Å². The summed E-state index contributed by atoms with van der Waals surface area (Å²) < 4.78 is 33.7. The van der Waals surface area contributed by atoms with Gasteiger partial charge in [0, 0.05) is 30.8 Å². The van der Waals surface area contributed by atoms with Gasteiger partial charge in [-0.25, -0.2) is 8.42 Å². The van der Waals surface area contributed by atoms with Crippen LogP contribution in [0.25, 0.3) is 17.0 Å². The molecule has 2 aromatic rings. The van der Waals surface area contributed by atoms with E-state index in [4.69, 9.17) is 9.84 Å². The van der Waals surface area contributed by atoms with Crippen molar-refractivity contribution in [2.45, 2.75) is 23.1 Å². The Bertz CT molecular complexity index is 1070. The van der Waals surface area contributed by atoms with E-state index in [-0.39, 0.29) is 11.8 Å². The van der Waals surface area contributed by atoms with E-state index >= 15 is 0 Å². The highest BCUT2D eigenvalue weighted by Gasteiger charge is 2.37. The summed E-state index contributed by atoms with van der Waals surface area (Å²) in [5.74, 6) is -0.0272. The molecule has 0 radical (unpaired) electrons. The van der Waals surface area contributed by atoms with Crippen LogP contribution in [0.3, 0.4) is 0 Å². The molecule has 0 saturated carbocycles. The van der Waals surface area contributed by atoms with Gasteiger partial charge in [0.15, 0.2) is 9.84 Å². The third-order valence-electron chi connectivity index (χ3n) is 6.20. The van der Waals surface area contributed by atoms with E-state index in [1.54, 1.807) is 12.1 Å². The number of hydrogen-bond acceptors (Lipinski definition) is 6. The predicted octanol–water partition coefficient (Wildman–Crippen LogP) is 2.02. The summed E-state index contributed by atoms with van der Waals surface area (Å²) in [5.41, 5.74) is 4.01. The van der Waals surface area contributed by atoms with Gasteiger partial charge < -0.3 is 14.5 Å². The van der Waals surface area contributed by atoms with Gasteiger partial charge in [-0.05, 0) is 26.1 Å². The van der Waals surface area contributed by atoms with E-state index in [1.165, 1.54) is 0 Å². The summed E-state index contributed by atoms with van der Waals surface area (Å²) in [6.07, 6.45) is 1.00. The highest BCUT2D eigenvalue weighted by Crippen LogP contribution is 2.43. The molecule has 0 N–H and O–H groups in total. The zero-order chi connectivity index (χ0) is 20.2. The number of likely N-dealkylation sites (N-methyl/N-ethyl adjacent to an activating group) is 1. The summed E-state index contributed by atoms with van der Waals surface area (Å²) in [7, 11) is -1.30. The Morgan fingerprint density at radius 3 is 2.69 bits per heavy atom. The Morgan fingerprint density at radius 1 is 1.21 bits per heavy atom. The monoisotopic (exact) mass is 414 g/mol. The van der Waals surface area contributed by atoms with Crippen LogP contribution in [-0.4, -0.2) is 74.4 Å². The quantitative estimate of drug-likeness (QED) is 0.766. The molecule has 5 rings (SSSR count). The van der Waals surface area contributed by atoms with Crippen LogP contribution in [-0.2, 0) is 20.3 Å². The molecule has 3 aliphatic heterocycles. The number of nitrogens with zero attached hydrogens (tertiary/aromatic N) is 4. The molecule has 0 amide bonds. The molecule has 3 aliphatic rings. The molecule has 2 saturated heterocycles. The Hall–Kier alpha value is -2.16. The van der Waals surface area contributed by atoms with Gasteiger partial charge in [0.1, 0.15) is 5.69 Å².